The van der Waals surface area contributed by atoms with Gasteiger partial charge in [-0.25, -0.2) is 4.39 Å². The number of rotatable bonds is 5. The molecular formula is C15H16FNO2. The lowest BCUT2D eigenvalue weighted by atomic mass is 10.1. The SMILES string of the molecule is COc1cc(F)ccc1NCc1ccc(CO)cc1. The Morgan fingerprint density at radius 3 is 2.42 bits per heavy atom. The summed E-state index contributed by atoms with van der Waals surface area (Å²) in [5.41, 5.74) is 2.70. The highest BCUT2D eigenvalue weighted by Crippen LogP contribution is 2.25. The number of ether oxygens (including phenoxy) is 1. The van der Waals surface area contributed by atoms with Gasteiger partial charge >= 0.3 is 0 Å². The number of nitrogens with one attached hydrogen (secondary N) is 1. The van der Waals surface area contributed by atoms with E-state index in [-0.39, 0.29) is 12.4 Å². The van der Waals surface area contributed by atoms with Gasteiger partial charge in [-0.2, -0.15) is 0 Å². The molecule has 0 amide bonds. The van der Waals surface area contributed by atoms with Crippen molar-refractivity contribution in [3.05, 3.63) is 59.4 Å². The zero-order chi connectivity index (χ0) is 13.7. The zero-order valence-corrected chi connectivity index (χ0v) is 10.7. The first kappa shape index (κ1) is 13.4. The van der Waals surface area contributed by atoms with Gasteiger partial charge in [-0.1, -0.05) is 24.3 Å². The standard InChI is InChI=1S/C15H16FNO2/c1-19-15-8-13(16)6-7-14(15)17-9-11-2-4-12(10-18)5-3-11/h2-8,17-18H,9-10H2,1H3. The second kappa shape index (κ2) is 6.20. The maximum Gasteiger partial charge on any atom is 0.144 e. The van der Waals surface area contributed by atoms with Crippen molar-refractivity contribution in [3.63, 3.8) is 0 Å². The van der Waals surface area contributed by atoms with Gasteiger partial charge in [0.25, 0.3) is 0 Å². The smallest absolute Gasteiger partial charge is 0.144 e. The maximum absolute atomic E-state index is 13.0. The van der Waals surface area contributed by atoms with Crippen molar-refractivity contribution >= 4 is 5.69 Å². The summed E-state index contributed by atoms with van der Waals surface area (Å²) >= 11 is 0. The Kier molecular flexibility index (Phi) is 4.36. The van der Waals surface area contributed by atoms with E-state index < -0.39 is 0 Å². The minimum Gasteiger partial charge on any atom is -0.494 e. The minimum atomic E-state index is -0.324. The highest BCUT2D eigenvalue weighted by Gasteiger charge is 2.04. The zero-order valence-electron chi connectivity index (χ0n) is 10.7. The molecule has 0 heterocycles. The summed E-state index contributed by atoms with van der Waals surface area (Å²) in [5.74, 6) is 0.154. The molecule has 100 valence electrons. The summed E-state index contributed by atoms with van der Waals surface area (Å²) in [7, 11) is 1.51. The van der Waals surface area contributed by atoms with E-state index >= 15 is 0 Å². The Balaban J connectivity index is 2.05. The largest absolute Gasteiger partial charge is 0.494 e. The molecule has 4 heteroatoms. The van der Waals surface area contributed by atoms with Crippen LogP contribution in [0.2, 0.25) is 0 Å². The van der Waals surface area contributed by atoms with Crippen LogP contribution in [0.1, 0.15) is 11.1 Å². The van der Waals surface area contributed by atoms with Gasteiger partial charge in [0.05, 0.1) is 19.4 Å². The summed E-state index contributed by atoms with van der Waals surface area (Å²) in [6, 6.07) is 12.0. The molecule has 0 unspecified atom stereocenters. The van der Waals surface area contributed by atoms with Crippen molar-refractivity contribution in [2.75, 3.05) is 12.4 Å². The third-order valence-electron chi connectivity index (χ3n) is 2.85. The van der Waals surface area contributed by atoms with Crippen LogP contribution in [0, 0.1) is 5.82 Å². The highest BCUT2D eigenvalue weighted by atomic mass is 19.1. The van der Waals surface area contributed by atoms with E-state index in [4.69, 9.17) is 9.84 Å². The van der Waals surface area contributed by atoms with Crippen LogP contribution in [0.5, 0.6) is 5.75 Å². The molecule has 0 aliphatic rings. The van der Waals surface area contributed by atoms with Crippen molar-refractivity contribution in [1.82, 2.24) is 0 Å². The third kappa shape index (κ3) is 3.45. The van der Waals surface area contributed by atoms with E-state index in [1.54, 1.807) is 6.07 Å². The lowest BCUT2D eigenvalue weighted by Crippen LogP contribution is -2.01. The third-order valence-corrected chi connectivity index (χ3v) is 2.85. The number of benzene rings is 2. The minimum absolute atomic E-state index is 0.0412. The van der Waals surface area contributed by atoms with E-state index in [0.29, 0.717) is 12.3 Å². The normalized spacial score (nSPS) is 10.3. The molecule has 2 aromatic carbocycles. The molecule has 3 nitrogen and oxygen atoms in total. The molecular weight excluding hydrogens is 245 g/mol. The average Bonchev–Trinajstić information content (AvgIpc) is 2.46. The first-order chi connectivity index (χ1) is 9.22. The van der Waals surface area contributed by atoms with E-state index in [1.807, 2.05) is 24.3 Å². The molecule has 0 atom stereocenters. The van der Waals surface area contributed by atoms with Gasteiger partial charge in [0.1, 0.15) is 11.6 Å². The second-order valence-corrected chi connectivity index (χ2v) is 4.17. The predicted octanol–water partition coefficient (Wildman–Crippen LogP) is 2.94. The lowest BCUT2D eigenvalue weighted by Gasteiger charge is -2.11. The van der Waals surface area contributed by atoms with Crippen LogP contribution in [0.15, 0.2) is 42.5 Å². The van der Waals surface area contributed by atoms with E-state index in [2.05, 4.69) is 5.32 Å². The molecule has 0 fully saturated rings. The van der Waals surface area contributed by atoms with Crippen LogP contribution in [0.3, 0.4) is 0 Å². The molecule has 2 aromatic rings. The van der Waals surface area contributed by atoms with Crippen LogP contribution in [-0.4, -0.2) is 12.2 Å². The van der Waals surface area contributed by atoms with Crippen molar-refractivity contribution in [3.8, 4) is 5.75 Å². The van der Waals surface area contributed by atoms with Gasteiger partial charge in [-0.05, 0) is 23.3 Å². The Morgan fingerprint density at radius 1 is 1.11 bits per heavy atom. The number of hydrogen-bond acceptors (Lipinski definition) is 3. The monoisotopic (exact) mass is 261 g/mol. The van der Waals surface area contributed by atoms with Crippen molar-refractivity contribution in [1.29, 1.82) is 0 Å². The van der Waals surface area contributed by atoms with E-state index in [9.17, 15) is 4.39 Å². The average molecular weight is 261 g/mol. The molecule has 0 spiro atoms. The molecule has 0 aliphatic carbocycles. The number of aliphatic hydroxyl groups is 1. The Bertz CT molecular complexity index is 540. The lowest BCUT2D eigenvalue weighted by molar-refractivity contribution is 0.282. The quantitative estimate of drug-likeness (QED) is 0.869. The predicted molar refractivity (Wildman–Crippen MR) is 72.6 cm³/mol. The number of halogens is 1. The molecule has 0 aromatic heterocycles. The molecule has 0 bridgehead atoms. The topological polar surface area (TPSA) is 41.5 Å². The van der Waals surface area contributed by atoms with Crippen LogP contribution < -0.4 is 10.1 Å². The Hall–Kier alpha value is -2.07. The number of aliphatic hydroxyl groups excluding tert-OH is 1. The van der Waals surface area contributed by atoms with Crippen LogP contribution in [-0.2, 0) is 13.2 Å². The fourth-order valence-corrected chi connectivity index (χ4v) is 1.77. The van der Waals surface area contributed by atoms with E-state index in [0.717, 1.165) is 16.8 Å². The van der Waals surface area contributed by atoms with Crippen LogP contribution in [0.4, 0.5) is 10.1 Å². The first-order valence-electron chi connectivity index (χ1n) is 5.99. The Morgan fingerprint density at radius 2 is 1.79 bits per heavy atom. The maximum atomic E-state index is 13.0. The molecule has 2 rings (SSSR count). The number of anilines is 1. The summed E-state index contributed by atoms with van der Waals surface area (Å²) in [4.78, 5) is 0. The van der Waals surface area contributed by atoms with Gasteiger partial charge in [0, 0.05) is 12.6 Å². The van der Waals surface area contributed by atoms with E-state index in [1.165, 1.54) is 19.2 Å². The van der Waals surface area contributed by atoms with Gasteiger partial charge in [-0.3, -0.25) is 0 Å². The molecule has 0 saturated heterocycles. The van der Waals surface area contributed by atoms with Gasteiger partial charge in [-0.15, -0.1) is 0 Å². The first-order valence-corrected chi connectivity index (χ1v) is 5.99. The fraction of sp³-hybridized carbons (Fsp3) is 0.200. The van der Waals surface area contributed by atoms with Gasteiger partial charge in [0.15, 0.2) is 0 Å². The van der Waals surface area contributed by atoms with Gasteiger partial charge < -0.3 is 15.2 Å². The number of hydrogen-bond donors (Lipinski definition) is 2. The molecule has 0 aliphatic heterocycles. The van der Waals surface area contributed by atoms with Crippen LogP contribution in [0.25, 0.3) is 0 Å². The second-order valence-electron chi connectivity index (χ2n) is 4.17. The summed E-state index contributed by atoms with van der Waals surface area (Å²) in [6.45, 7) is 0.646. The highest BCUT2D eigenvalue weighted by molar-refractivity contribution is 5.56. The Labute approximate surface area is 111 Å². The molecule has 0 radical (unpaired) electrons. The number of methoxy groups -OCH3 is 1. The van der Waals surface area contributed by atoms with Gasteiger partial charge in [0.2, 0.25) is 0 Å². The summed E-state index contributed by atoms with van der Waals surface area (Å²) < 4.78 is 18.2. The van der Waals surface area contributed by atoms with Crippen molar-refractivity contribution in [2.45, 2.75) is 13.2 Å². The molecule has 0 saturated carbocycles. The van der Waals surface area contributed by atoms with Crippen molar-refractivity contribution < 1.29 is 14.2 Å². The van der Waals surface area contributed by atoms with Crippen molar-refractivity contribution in [2.24, 2.45) is 0 Å². The molecule has 2 N–H and O–H groups in total. The fourth-order valence-electron chi connectivity index (χ4n) is 1.77. The van der Waals surface area contributed by atoms with Crippen LogP contribution >= 0.6 is 0 Å². The summed E-state index contributed by atoms with van der Waals surface area (Å²) in [5, 5.41) is 12.2. The molecule has 19 heavy (non-hydrogen) atoms. The summed E-state index contributed by atoms with van der Waals surface area (Å²) in [6.07, 6.45) is 0.